The molecule has 0 bridgehead atoms. The molecule has 0 aliphatic carbocycles. The van der Waals surface area contributed by atoms with Crippen molar-refractivity contribution in [3.8, 4) is 17.2 Å². The number of hydrogen-bond donors (Lipinski definition) is 4. The lowest BCUT2D eigenvalue weighted by atomic mass is 9.92. The molecule has 41 heavy (non-hydrogen) atoms. The molecular weight excluding hydrogens is 593 g/mol. The fraction of sp³-hybridized carbons (Fsp3) is 0.241. The number of aromatic nitrogens is 3. The molecule has 212 valence electrons. The van der Waals surface area contributed by atoms with Crippen LogP contribution in [0, 0.1) is 12.7 Å². The maximum absolute atomic E-state index is 15.1. The van der Waals surface area contributed by atoms with Gasteiger partial charge in [0.25, 0.3) is 0 Å². The van der Waals surface area contributed by atoms with Crippen molar-refractivity contribution in [3.63, 3.8) is 0 Å². The van der Waals surface area contributed by atoms with Gasteiger partial charge in [0, 0.05) is 35.1 Å². The van der Waals surface area contributed by atoms with Crippen LogP contribution < -0.4 is 20.7 Å². The van der Waals surface area contributed by atoms with Crippen molar-refractivity contribution in [2.24, 2.45) is 4.99 Å². The van der Waals surface area contributed by atoms with Crippen molar-refractivity contribution in [3.05, 3.63) is 77.9 Å². The molecule has 0 saturated heterocycles. The smallest absolute Gasteiger partial charge is 0.324 e. The van der Waals surface area contributed by atoms with Gasteiger partial charge in [-0.05, 0) is 31.2 Å². The Morgan fingerprint density at radius 3 is 2.59 bits per heavy atom. The van der Waals surface area contributed by atoms with Gasteiger partial charge in [-0.1, -0.05) is 54.4 Å². The average Bonchev–Trinajstić information content (AvgIpc) is 3.35. The largest absolute Gasteiger partial charge is 0.455 e. The number of urea groups is 1. The number of anilines is 3. The summed E-state index contributed by atoms with van der Waals surface area (Å²) in [5.74, 6) is 0.580. The Balaban J connectivity index is 1.33. The number of pyridine rings is 1. The topological polar surface area (TPSA) is 126 Å². The molecule has 12 heteroatoms. The van der Waals surface area contributed by atoms with Crippen LogP contribution >= 0.6 is 15.9 Å². The predicted molar refractivity (Wildman–Crippen MR) is 161 cm³/mol. The van der Waals surface area contributed by atoms with Crippen LogP contribution in [0.25, 0.3) is 5.69 Å². The van der Waals surface area contributed by atoms with E-state index in [0.29, 0.717) is 34.1 Å². The van der Waals surface area contributed by atoms with E-state index in [4.69, 9.17) is 9.84 Å². The highest BCUT2D eigenvalue weighted by atomic mass is 79.9. The van der Waals surface area contributed by atoms with Crippen LogP contribution in [0.2, 0.25) is 0 Å². The number of hydrogen-bond acceptors (Lipinski definition) is 7. The second kappa shape index (κ2) is 11.3. The number of nitrogens with zero attached hydrogens (tertiary/aromatic N) is 4. The lowest BCUT2D eigenvalue weighted by Gasteiger charge is -2.23. The molecule has 2 amide bonds. The molecule has 1 unspecified atom stereocenters. The number of nitrogens with one attached hydrogen (secondary N) is 3. The normalized spacial score (nSPS) is 14.5. The fourth-order valence-corrected chi connectivity index (χ4v) is 4.47. The first kappa shape index (κ1) is 28.2. The van der Waals surface area contributed by atoms with Crippen LogP contribution in [-0.4, -0.2) is 43.2 Å². The Morgan fingerprint density at radius 1 is 1.15 bits per heavy atom. The van der Waals surface area contributed by atoms with Crippen LogP contribution in [0.5, 0.6) is 11.5 Å². The van der Waals surface area contributed by atoms with Crippen molar-refractivity contribution in [2.75, 3.05) is 21.3 Å². The number of aliphatic hydroxyl groups is 1. The van der Waals surface area contributed by atoms with E-state index >= 15 is 4.39 Å². The summed E-state index contributed by atoms with van der Waals surface area (Å²) < 4.78 is 22.6. The summed E-state index contributed by atoms with van der Waals surface area (Å²) in [6.07, 6.45) is 0.489. The molecule has 1 aliphatic rings. The third kappa shape index (κ3) is 6.23. The van der Waals surface area contributed by atoms with E-state index in [1.54, 1.807) is 16.8 Å². The van der Waals surface area contributed by atoms with E-state index in [9.17, 15) is 9.90 Å². The molecule has 2 aromatic heterocycles. The summed E-state index contributed by atoms with van der Waals surface area (Å²) in [5, 5.41) is 23.6. The maximum atomic E-state index is 15.1. The molecule has 4 N–H and O–H groups in total. The van der Waals surface area contributed by atoms with Crippen LogP contribution in [0.3, 0.4) is 0 Å². The second-order valence-electron chi connectivity index (χ2n) is 10.5. The zero-order valence-electron chi connectivity index (χ0n) is 22.9. The highest BCUT2D eigenvalue weighted by Gasteiger charge is 2.24. The molecule has 10 nitrogen and oxygen atoms in total. The monoisotopic (exact) mass is 621 g/mol. The van der Waals surface area contributed by atoms with E-state index < -0.39 is 18.1 Å². The minimum Gasteiger partial charge on any atom is -0.455 e. The lowest BCUT2D eigenvalue weighted by molar-refractivity contribution is 0.262. The molecule has 0 radical (unpaired) electrons. The van der Waals surface area contributed by atoms with E-state index in [0.717, 1.165) is 23.0 Å². The third-order valence-corrected chi connectivity index (χ3v) is 6.86. The van der Waals surface area contributed by atoms with Crippen LogP contribution in [0.15, 0.2) is 65.8 Å². The summed E-state index contributed by atoms with van der Waals surface area (Å²) in [6, 6.07) is 14.6. The van der Waals surface area contributed by atoms with Crippen molar-refractivity contribution in [1.29, 1.82) is 0 Å². The zero-order valence-corrected chi connectivity index (χ0v) is 24.5. The van der Waals surface area contributed by atoms with E-state index in [-0.39, 0.29) is 16.9 Å². The number of rotatable bonds is 6. The summed E-state index contributed by atoms with van der Waals surface area (Å²) in [6.45, 7) is 8.09. The fourth-order valence-electron chi connectivity index (χ4n) is 4.04. The van der Waals surface area contributed by atoms with Crippen molar-refractivity contribution >= 4 is 50.7 Å². The van der Waals surface area contributed by atoms with E-state index in [2.05, 4.69) is 41.9 Å². The summed E-state index contributed by atoms with van der Waals surface area (Å²) in [4.78, 5) is 21.5. The van der Waals surface area contributed by atoms with Crippen LogP contribution in [0.1, 0.15) is 32.0 Å². The first-order chi connectivity index (χ1) is 19.5. The number of halogens is 2. The Hall–Kier alpha value is -4.29. The van der Waals surface area contributed by atoms with Crippen LogP contribution in [-0.2, 0) is 5.41 Å². The first-order valence-electron chi connectivity index (χ1n) is 12.8. The molecule has 4 aromatic rings. The van der Waals surface area contributed by atoms with Crippen LogP contribution in [0.4, 0.5) is 32.2 Å². The summed E-state index contributed by atoms with van der Waals surface area (Å²) in [5.41, 5.74) is 3.23. The number of ether oxygens (including phenoxy) is 1. The van der Waals surface area contributed by atoms with Gasteiger partial charge in [0.05, 0.1) is 22.8 Å². The zero-order chi connectivity index (χ0) is 29.3. The summed E-state index contributed by atoms with van der Waals surface area (Å²) >= 11 is 3.28. The number of benzene rings is 2. The number of amides is 2. The van der Waals surface area contributed by atoms with Gasteiger partial charge >= 0.3 is 6.03 Å². The lowest BCUT2D eigenvalue weighted by Crippen LogP contribution is -2.32. The number of aryl methyl sites for hydroxylation is 1. The third-order valence-electron chi connectivity index (χ3n) is 6.29. The van der Waals surface area contributed by atoms with Gasteiger partial charge in [-0.15, -0.1) is 0 Å². The average molecular weight is 622 g/mol. The molecule has 0 fully saturated rings. The molecule has 0 spiro atoms. The van der Waals surface area contributed by atoms with Gasteiger partial charge in [-0.25, -0.2) is 23.8 Å². The number of carbonyl (C=O) groups is 1. The van der Waals surface area contributed by atoms with Crippen molar-refractivity contribution < 1.29 is 19.0 Å². The van der Waals surface area contributed by atoms with Crippen molar-refractivity contribution in [2.45, 2.75) is 39.3 Å². The molecule has 1 aliphatic heterocycles. The van der Waals surface area contributed by atoms with Gasteiger partial charge in [-0.2, -0.15) is 5.10 Å². The number of alkyl halides is 1. The SMILES string of the molecule is Cc1ccc(-n2nc(C(C)(C)C)cc2NC(=O)Nc2ccc(Oc3ccnc4c3NC(O)C(CBr)=N4)cc2F)cc1. The Kier molecular flexibility index (Phi) is 7.78. The Morgan fingerprint density at radius 2 is 1.90 bits per heavy atom. The highest BCUT2D eigenvalue weighted by Crippen LogP contribution is 2.39. The number of fused-ring (bicyclic) bond motifs is 1. The number of carbonyl (C=O) groups excluding carboxylic acids is 1. The van der Waals surface area contributed by atoms with E-state index in [1.807, 2.05) is 52.0 Å². The number of aliphatic hydroxyl groups excluding tert-OH is 1. The first-order valence-corrected chi connectivity index (χ1v) is 13.9. The predicted octanol–water partition coefficient (Wildman–Crippen LogP) is 6.66. The van der Waals surface area contributed by atoms with Gasteiger partial charge in [0.15, 0.2) is 17.8 Å². The van der Waals surface area contributed by atoms with Gasteiger partial charge in [0.1, 0.15) is 23.1 Å². The Bertz CT molecular complexity index is 1630. The molecular formula is C29H29BrFN7O3. The minimum atomic E-state index is -1.02. The minimum absolute atomic E-state index is 0.0378. The van der Waals surface area contributed by atoms with Gasteiger partial charge in [-0.3, -0.25) is 5.32 Å². The quantitative estimate of drug-likeness (QED) is 0.178. The van der Waals surface area contributed by atoms with Crippen molar-refractivity contribution in [1.82, 2.24) is 14.8 Å². The van der Waals surface area contributed by atoms with Gasteiger partial charge in [0.2, 0.25) is 0 Å². The Labute approximate surface area is 244 Å². The second-order valence-corrected chi connectivity index (χ2v) is 11.1. The maximum Gasteiger partial charge on any atom is 0.324 e. The standard InChI is InChI=1S/C29H29BrFN7O3/c1-16-5-7-17(8-6-16)38-24(14-23(37-38)29(2,3)4)35-28(40)34-20-10-9-18(13-19(20)31)41-22-11-12-32-26-25(22)36-27(39)21(15-30)33-26/h5-14,27,36,39H,15H2,1-4H3,(H2,34,35,40). The number of aliphatic imine (C=N–C) groups is 1. The summed E-state index contributed by atoms with van der Waals surface area (Å²) in [7, 11) is 0. The molecule has 3 heterocycles. The molecule has 0 saturated carbocycles. The molecule has 5 rings (SSSR count). The van der Waals surface area contributed by atoms with Gasteiger partial charge < -0.3 is 20.5 Å². The molecule has 2 aromatic carbocycles. The van der Waals surface area contributed by atoms with E-state index in [1.165, 1.54) is 18.3 Å². The molecule has 1 atom stereocenters. The highest BCUT2D eigenvalue weighted by molar-refractivity contribution is 9.09.